The summed E-state index contributed by atoms with van der Waals surface area (Å²) in [5, 5.41) is 4.60. The highest BCUT2D eigenvalue weighted by molar-refractivity contribution is 8.01. The second-order valence-corrected chi connectivity index (χ2v) is 8.45. The molecule has 0 fully saturated rings. The maximum atomic E-state index is 12.5. The summed E-state index contributed by atoms with van der Waals surface area (Å²) in [6.45, 7) is 7.06. The molecule has 0 aromatic heterocycles. The van der Waals surface area contributed by atoms with Crippen LogP contribution >= 0.6 is 37.0 Å². The van der Waals surface area contributed by atoms with Crippen LogP contribution in [0.25, 0.3) is 0 Å². The SMILES string of the molecule is CCCCC(C)C(=O)OCC(COO/C=C/SC)(COO/C(C)=C/S)COO/C(C)=C/S. The van der Waals surface area contributed by atoms with Crippen LogP contribution in [0.1, 0.15) is 47.0 Å². The van der Waals surface area contributed by atoms with Crippen molar-refractivity contribution in [3.05, 3.63) is 34.0 Å². The molecular weight excluding hydrogens is 476 g/mol. The minimum Gasteiger partial charge on any atom is -0.465 e. The smallest absolute Gasteiger partial charge is 0.308 e. The van der Waals surface area contributed by atoms with E-state index in [4.69, 9.17) is 34.1 Å². The van der Waals surface area contributed by atoms with Crippen molar-refractivity contribution < 1.29 is 38.9 Å². The molecule has 32 heavy (non-hydrogen) atoms. The Morgan fingerprint density at radius 1 is 1.00 bits per heavy atom. The van der Waals surface area contributed by atoms with Gasteiger partial charge in [-0.2, -0.15) is 14.7 Å². The number of carbonyl (C=O) groups excluding carboxylic acids is 1. The molecule has 0 N–H and O–H groups in total. The van der Waals surface area contributed by atoms with Gasteiger partial charge in [0.1, 0.15) is 44.2 Å². The minimum atomic E-state index is -0.999. The molecule has 0 aliphatic rings. The first-order chi connectivity index (χ1) is 15.3. The van der Waals surface area contributed by atoms with E-state index >= 15 is 0 Å². The van der Waals surface area contributed by atoms with Crippen LogP contribution in [0.2, 0.25) is 0 Å². The van der Waals surface area contributed by atoms with E-state index in [-0.39, 0.29) is 38.3 Å². The molecule has 0 aromatic rings. The van der Waals surface area contributed by atoms with Gasteiger partial charge in [-0.1, -0.05) is 26.7 Å². The van der Waals surface area contributed by atoms with Crippen LogP contribution < -0.4 is 0 Å². The van der Waals surface area contributed by atoms with Crippen LogP contribution in [0.4, 0.5) is 0 Å². The Balaban J connectivity index is 5.34. The van der Waals surface area contributed by atoms with Crippen LogP contribution in [-0.2, 0) is 38.9 Å². The van der Waals surface area contributed by atoms with Crippen molar-refractivity contribution in [3.8, 4) is 0 Å². The lowest BCUT2D eigenvalue weighted by atomic mass is 9.92. The highest BCUT2D eigenvalue weighted by Gasteiger charge is 2.37. The molecule has 0 amide bonds. The Morgan fingerprint density at radius 2 is 1.56 bits per heavy atom. The summed E-state index contributed by atoms with van der Waals surface area (Å²) < 4.78 is 5.59. The highest BCUT2D eigenvalue weighted by atomic mass is 32.2. The molecule has 11 heteroatoms. The van der Waals surface area contributed by atoms with Crippen LogP contribution in [-0.4, -0.2) is 38.7 Å². The largest absolute Gasteiger partial charge is 0.465 e. The normalized spacial score (nSPS) is 13.8. The van der Waals surface area contributed by atoms with Gasteiger partial charge in [0.25, 0.3) is 0 Å². The maximum absolute atomic E-state index is 12.5. The molecule has 0 rings (SSSR count). The fourth-order valence-electron chi connectivity index (χ4n) is 2.06. The number of esters is 1. The number of ether oxygens (including phenoxy) is 1. The molecule has 0 saturated carbocycles. The lowest BCUT2D eigenvalue weighted by Gasteiger charge is -2.30. The van der Waals surface area contributed by atoms with E-state index in [1.54, 1.807) is 19.3 Å². The van der Waals surface area contributed by atoms with Crippen molar-refractivity contribution >= 4 is 43.0 Å². The monoisotopic (exact) mass is 512 g/mol. The number of carbonyl (C=O) groups is 1. The van der Waals surface area contributed by atoms with Gasteiger partial charge in [0.05, 0.1) is 11.3 Å². The van der Waals surface area contributed by atoms with Crippen molar-refractivity contribution in [1.82, 2.24) is 0 Å². The highest BCUT2D eigenvalue weighted by Crippen LogP contribution is 2.24. The zero-order chi connectivity index (χ0) is 24.2. The second kappa shape index (κ2) is 19.5. The van der Waals surface area contributed by atoms with Gasteiger partial charge in [-0.3, -0.25) is 4.79 Å². The average Bonchev–Trinajstić information content (AvgIpc) is 2.80. The Labute approximate surface area is 206 Å². The summed E-state index contributed by atoms with van der Waals surface area (Å²) in [5.41, 5.74) is -0.999. The molecule has 186 valence electrons. The molecule has 0 saturated heterocycles. The molecule has 1 unspecified atom stereocenters. The predicted octanol–water partition coefficient (Wildman–Crippen LogP) is 5.60. The first kappa shape index (κ1) is 31.0. The summed E-state index contributed by atoms with van der Waals surface area (Å²) >= 11 is 9.47. The molecular formula is C21H36O8S3. The third-order valence-electron chi connectivity index (χ3n) is 4.07. The number of allylic oxidation sites excluding steroid dienone is 2. The fraction of sp³-hybridized carbons (Fsp3) is 0.667. The van der Waals surface area contributed by atoms with E-state index in [0.717, 1.165) is 19.3 Å². The molecule has 0 aliphatic carbocycles. The standard InChI is InChI=1S/C21H36O8S3/c1-6-7-8-17(2)20(22)23-13-21(14-25-24-9-10-32-5,15-26-28-18(3)11-30)16-27-29-19(4)12-31/h9-12,17,30-31H,6-8,13-16H2,1-5H3/b10-9+,18-11+,19-12+. The van der Waals surface area contributed by atoms with Gasteiger partial charge in [0, 0.05) is 16.2 Å². The number of hydrogen-bond acceptors (Lipinski definition) is 11. The van der Waals surface area contributed by atoms with Crippen molar-refractivity contribution in [3.63, 3.8) is 0 Å². The van der Waals surface area contributed by atoms with E-state index in [0.29, 0.717) is 11.5 Å². The van der Waals surface area contributed by atoms with Crippen molar-refractivity contribution in [2.75, 3.05) is 32.7 Å². The molecule has 0 bridgehead atoms. The van der Waals surface area contributed by atoms with Crippen molar-refractivity contribution in [2.45, 2.75) is 47.0 Å². The maximum Gasteiger partial charge on any atom is 0.308 e. The number of thioether (sulfide) groups is 1. The van der Waals surface area contributed by atoms with Crippen LogP contribution in [0.15, 0.2) is 34.0 Å². The summed E-state index contributed by atoms with van der Waals surface area (Å²) in [6.07, 6.45) is 5.97. The van der Waals surface area contributed by atoms with Gasteiger partial charge < -0.3 is 19.4 Å². The molecule has 0 aromatic carbocycles. The number of hydrogen-bond donors (Lipinski definition) is 2. The number of unbranched alkanes of at least 4 members (excludes halogenated alkanes) is 1. The summed E-state index contributed by atoms with van der Waals surface area (Å²) in [6, 6.07) is 0. The van der Waals surface area contributed by atoms with Gasteiger partial charge in [0.2, 0.25) is 0 Å². The molecule has 0 spiro atoms. The van der Waals surface area contributed by atoms with Gasteiger partial charge in [-0.05, 0) is 26.5 Å². The first-order valence-electron chi connectivity index (χ1n) is 10.2. The van der Waals surface area contributed by atoms with Crippen LogP contribution in [0.3, 0.4) is 0 Å². The van der Waals surface area contributed by atoms with Gasteiger partial charge in [-0.25, -0.2) is 0 Å². The quantitative estimate of drug-likeness (QED) is 0.0573. The summed E-state index contributed by atoms with van der Waals surface area (Å²) in [5.74, 6) is 0.343. The van der Waals surface area contributed by atoms with Crippen molar-refractivity contribution in [2.24, 2.45) is 11.3 Å². The summed E-state index contributed by atoms with van der Waals surface area (Å²) in [7, 11) is 0. The van der Waals surface area contributed by atoms with E-state index in [2.05, 4.69) is 32.2 Å². The Hall–Kier alpha value is -0.980. The van der Waals surface area contributed by atoms with Gasteiger partial charge in [0.15, 0.2) is 0 Å². The molecule has 0 radical (unpaired) electrons. The fourth-order valence-corrected chi connectivity index (χ4v) is 2.30. The zero-order valence-corrected chi connectivity index (χ0v) is 22.0. The average molecular weight is 513 g/mol. The van der Waals surface area contributed by atoms with E-state index in [1.165, 1.54) is 28.8 Å². The first-order valence-corrected chi connectivity index (χ1v) is 12.5. The predicted molar refractivity (Wildman–Crippen MR) is 131 cm³/mol. The lowest BCUT2D eigenvalue weighted by Crippen LogP contribution is -2.42. The summed E-state index contributed by atoms with van der Waals surface area (Å²) in [4.78, 5) is 43.8. The number of rotatable bonds is 19. The Morgan fingerprint density at radius 3 is 2.06 bits per heavy atom. The topological polar surface area (TPSA) is 81.7 Å². The third-order valence-corrected chi connectivity index (χ3v) is 5.18. The second-order valence-electron chi connectivity index (χ2n) is 7.19. The van der Waals surface area contributed by atoms with Crippen LogP contribution in [0.5, 0.6) is 0 Å². The van der Waals surface area contributed by atoms with Crippen molar-refractivity contribution in [1.29, 1.82) is 0 Å². The molecule has 0 aliphatic heterocycles. The van der Waals surface area contributed by atoms with E-state index in [9.17, 15) is 4.79 Å². The van der Waals surface area contributed by atoms with Crippen LogP contribution in [0, 0.1) is 11.3 Å². The van der Waals surface area contributed by atoms with E-state index < -0.39 is 5.41 Å². The molecule has 1 atom stereocenters. The lowest BCUT2D eigenvalue weighted by molar-refractivity contribution is -0.343. The Kier molecular flexibility index (Phi) is 18.9. The van der Waals surface area contributed by atoms with Gasteiger partial charge in [-0.15, -0.1) is 37.0 Å². The van der Waals surface area contributed by atoms with Gasteiger partial charge >= 0.3 is 5.97 Å². The Bertz CT molecular complexity index is 572. The third kappa shape index (κ3) is 15.0. The van der Waals surface area contributed by atoms with E-state index in [1.807, 2.05) is 13.2 Å². The minimum absolute atomic E-state index is 0.0393. The number of thiol groups is 2. The molecule has 8 nitrogen and oxygen atoms in total. The zero-order valence-electron chi connectivity index (χ0n) is 19.4. The molecule has 0 heterocycles.